The van der Waals surface area contributed by atoms with Gasteiger partial charge in [-0.05, 0) is 91.9 Å². The summed E-state index contributed by atoms with van der Waals surface area (Å²) in [6, 6.07) is 0.140. The number of nitrogens with one attached hydrogen (secondary N) is 4. The lowest BCUT2D eigenvalue weighted by Gasteiger charge is -2.43. The van der Waals surface area contributed by atoms with Crippen molar-refractivity contribution in [3.05, 3.63) is 22.4 Å². The monoisotopic (exact) mass is 737 g/mol. The Morgan fingerprint density at radius 1 is 0.865 bits per heavy atom. The van der Waals surface area contributed by atoms with E-state index in [1.54, 1.807) is 11.0 Å². The molecule has 1 saturated heterocycles. The van der Waals surface area contributed by atoms with Crippen LogP contribution in [-0.4, -0.2) is 77.0 Å². The first-order valence-corrected chi connectivity index (χ1v) is 20.9. The van der Waals surface area contributed by atoms with Crippen LogP contribution in [0.15, 0.2) is 17.5 Å². The van der Waals surface area contributed by atoms with Gasteiger partial charge < -0.3 is 26.2 Å². The lowest BCUT2D eigenvalue weighted by Crippen LogP contribution is -2.63. The Bertz CT molecular complexity index is 1460. The molecule has 1 unspecified atom stereocenters. The van der Waals surface area contributed by atoms with Gasteiger partial charge in [0.15, 0.2) is 0 Å². The molecule has 0 radical (unpaired) electrons. The van der Waals surface area contributed by atoms with Crippen molar-refractivity contribution in [2.24, 2.45) is 29.1 Å². The minimum absolute atomic E-state index is 0.0264. The molecule has 0 aromatic carbocycles. The first-order valence-electron chi connectivity index (χ1n) is 20.0. The summed E-state index contributed by atoms with van der Waals surface area (Å²) in [5, 5.41) is 13.8. The van der Waals surface area contributed by atoms with Crippen LogP contribution in [0, 0.1) is 29.1 Å². The molecule has 1 aromatic rings. The van der Waals surface area contributed by atoms with E-state index < -0.39 is 47.2 Å². The lowest BCUT2D eigenvalue weighted by atomic mass is 9.69. The lowest BCUT2D eigenvalue weighted by molar-refractivity contribution is -0.146. The van der Waals surface area contributed by atoms with Gasteiger partial charge in [0.2, 0.25) is 23.5 Å². The van der Waals surface area contributed by atoms with E-state index in [1.165, 1.54) is 11.3 Å². The topological polar surface area (TPSA) is 154 Å². The minimum Gasteiger partial charge on any atom is -0.347 e. The molecule has 5 amide bonds. The second kappa shape index (κ2) is 16.8. The number of nitrogens with zero attached hydrogens (tertiary/aromatic N) is 1. The SMILES string of the molecule is CC(C)[C@@H]1C[C@@H](C(=O)NC(CC2CC2)C(=O)C(=O)NC2CC2)N(C(=O)[C@@H](NC(=O)[C@@H](NC(=O)c2cccs2)C2CCCCC2)C2(C)CCCCC2)C1. The van der Waals surface area contributed by atoms with E-state index in [9.17, 15) is 24.0 Å². The molecule has 4 aliphatic carbocycles. The van der Waals surface area contributed by atoms with E-state index in [2.05, 4.69) is 42.0 Å². The van der Waals surface area contributed by atoms with Crippen molar-refractivity contribution in [3.8, 4) is 0 Å². The number of rotatable bonds is 15. The highest BCUT2D eigenvalue weighted by Crippen LogP contribution is 2.41. The highest BCUT2D eigenvalue weighted by atomic mass is 32.1. The van der Waals surface area contributed by atoms with E-state index in [-0.39, 0.29) is 47.4 Å². The molecule has 4 N–H and O–H groups in total. The number of thiophene rings is 1. The van der Waals surface area contributed by atoms with Crippen LogP contribution in [0.25, 0.3) is 0 Å². The summed E-state index contributed by atoms with van der Waals surface area (Å²) >= 11 is 1.33. The Labute approximate surface area is 312 Å². The van der Waals surface area contributed by atoms with Crippen molar-refractivity contribution >= 4 is 46.7 Å². The van der Waals surface area contributed by atoms with E-state index in [1.807, 2.05) is 11.4 Å². The fourth-order valence-electron chi connectivity index (χ4n) is 8.74. The maximum absolute atomic E-state index is 15.0. The third kappa shape index (κ3) is 9.44. The zero-order valence-corrected chi connectivity index (χ0v) is 32.1. The van der Waals surface area contributed by atoms with Gasteiger partial charge in [0.05, 0.1) is 10.9 Å². The quantitative estimate of drug-likeness (QED) is 0.188. The summed E-state index contributed by atoms with van der Waals surface area (Å²) in [5.41, 5.74) is -0.539. The third-order valence-electron chi connectivity index (χ3n) is 12.6. The van der Waals surface area contributed by atoms with E-state index in [4.69, 9.17) is 0 Å². The molecule has 11 nitrogen and oxygen atoms in total. The highest BCUT2D eigenvalue weighted by molar-refractivity contribution is 7.12. The Kier molecular flexibility index (Phi) is 12.4. The average molecular weight is 738 g/mol. The van der Waals surface area contributed by atoms with Crippen LogP contribution in [0.1, 0.15) is 133 Å². The normalized spacial score (nSPS) is 25.1. The molecule has 1 aliphatic heterocycles. The van der Waals surface area contributed by atoms with Crippen LogP contribution in [0.4, 0.5) is 0 Å². The summed E-state index contributed by atoms with van der Waals surface area (Å²) in [7, 11) is 0. The van der Waals surface area contributed by atoms with Crippen molar-refractivity contribution in [1.82, 2.24) is 26.2 Å². The van der Waals surface area contributed by atoms with Gasteiger partial charge in [-0.15, -0.1) is 11.3 Å². The van der Waals surface area contributed by atoms with Gasteiger partial charge in [-0.3, -0.25) is 28.8 Å². The fraction of sp³-hybridized carbons (Fsp3) is 0.750. The molecule has 52 heavy (non-hydrogen) atoms. The Balaban J connectivity index is 1.25. The van der Waals surface area contributed by atoms with E-state index in [0.717, 1.165) is 89.9 Å². The maximum atomic E-state index is 15.0. The third-order valence-corrected chi connectivity index (χ3v) is 13.4. The van der Waals surface area contributed by atoms with Crippen LogP contribution in [0.3, 0.4) is 0 Å². The van der Waals surface area contributed by atoms with Crippen LogP contribution in [0.2, 0.25) is 0 Å². The number of ketones is 1. The first-order chi connectivity index (χ1) is 24.9. The first kappa shape index (κ1) is 38.4. The largest absolute Gasteiger partial charge is 0.347 e. The summed E-state index contributed by atoms with van der Waals surface area (Å²) in [6.07, 6.45) is 13.6. The molecule has 0 spiro atoms. The van der Waals surface area contributed by atoms with Crippen molar-refractivity contribution in [2.75, 3.05) is 6.54 Å². The molecule has 2 heterocycles. The molecule has 6 rings (SSSR count). The predicted molar refractivity (Wildman–Crippen MR) is 199 cm³/mol. The number of hydrogen-bond donors (Lipinski definition) is 4. The maximum Gasteiger partial charge on any atom is 0.289 e. The highest BCUT2D eigenvalue weighted by Gasteiger charge is 2.50. The number of likely N-dealkylation sites (tertiary alicyclic amines) is 1. The second-order valence-electron chi connectivity index (χ2n) is 17.1. The van der Waals surface area contributed by atoms with Crippen LogP contribution < -0.4 is 21.3 Å². The van der Waals surface area contributed by atoms with Gasteiger partial charge in [-0.2, -0.15) is 0 Å². The second-order valence-corrected chi connectivity index (χ2v) is 18.0. The summed E-state index contributed by atoms with van der Waals surface area (Å²) in [6.45, 7) is 6.61. The Morgan fingerprint density at radius 3 is 2.17 bits per heavy atom. The summed E-state index contributed by atoms with van der Waals surface area (Å²) in [5.74, 6) is -2.13. The van der Waals surface area contributed by atoms with Crippen molar-refractivity contribution in [2.45, 2.75) is 154 Å². The number of amides is 5. The van der Waals surface area contributed by atoms with Crippen molar-refractivity contribution in [1.29, 1.82) is 0 Å². The number of Topliss-reactive ketones (excluding diaryl/α,β-unsaturated/α-hetero) is 1. The van der Waals surface area contributed by atoms with Gasteiger partial charge >= 0.3 is 0 Å². The molecule has 5 aliphatic rings. The van der Waals surface area contributed by atoms with Crippen LogP contribution in [0.5, 0.6) is 0 Å². The van der Waals surface area contributed by atoms with Gasteiger partial charge in [-0.25, -0.2) is 0 Å². The van der Waals surface area contributed by atoms with E-state index in [0.29, 0.717) is 24.3 Å². The van der Waals surface area contributed by atoms with Crippen LogP contribution >= 0.6 is 11.3 Å². The molecule has 4 saturated carbocycles. The van der Waals surface area contributed by atoms with Gasteiger partial charge in [0.25, 0.3) is 11.8 Å². The average Bonchev–Trinajstić information content (AvgIpc) is 4.02. The van der Waals surface area contributed by atoms with Crippen molar-refractivity contribution in [3.63, 3.8) is 0 Å². The molecule has 12 heteroatoms. The van der Waals surface area contributed by atoms with Gasteiger partial charge in [0.1, 0.15) is 18.1 Å². The minimum atomic E-state index is -0.941. The summed E-state index contributed by atoms with van der Waals surface area (Å²) < 4.78 is 0. The Hall–Kier alpha value is -3.28. The molecule has 0 bridgehead atoms. The number of carbonyl (C=O) groups is 6. The number of hydrogen-bond acceptors (Lipinski definition) is 7. The molecule has 1 aromatic heterocycles. The van der Waals surface area contributed by atoms with Crippen molar-refractivity contribution < 1.29 is 28.8 Å². The van der Waals surface area contributed by atoms with E-state index >= 15 is 4.79 Å². The molecular formula is C40H59N5O6S. The fourth-order valence-corrected chi connectivity index (χ4v) is 9.36. The smallest absolute Gasteiger partial charge is 0.289 e. The predicted octanol–water partition coefficient (Wildman–Crippen LogP) is 4.89. The van der Waals surface area contributed by atoms with Crippen LogP contribution in [-0.2, 0) is 24.0 Å². The molecule has 286 valence electrons. The Morgan fingerprint density at radius 2 is 1.56 bits per heavy atom. The molecule has 5 atom stereocenters. The molecule has 5 fully saturated rings. The summed E-state index contributed by atoms with van der Waals surface area (Å²) in [4.78, 5) is 85.4. The number of carbonyl (C=O) groups excluding carboxylic acids is 6. The van der Waals surface area contributed by atoms with Gasteiger partial charge in [-0.1, -0.05) is 78.2 Å². The van der Waals surface area contributed by atoms with Gasteiger partial charge in [0, 0.05) is 12.6 Å². The zero-order valence-electron chi connectivity index (χ0n) is 31.3. The standard InChI is InChI=1S/C40H59N5O6S/c1-24(2)27-22-30(35(47)42-29(21-25-14-15-25)33(46)38(50)41-28-16-17-28)45(23-27)39(51)34(40(3)18-8-5-9-19-40)44-37(49)32(26-11-6-4-7-12-26)43-36(48)31-13-10-20-52-31/h10,13,20,24-30,32,34H,4-9,11-12,14-19,21-23H2,1-3H3,(H,41,50)(H,42,47)(H,43,48)(H,44,49)/t27-,29?,30+,32+,34-/m1/s1. The zero-order chi connectivity index (χ0) is 37.0. The molecular weight excluding hydrogens is 679 g/mol.